The fraction of sp³-hybridized carbons (Fsp3) is 0.524. The number of aliphatic carboxylic acids is 1. The molecule has 0 saturated carbocycles. The second-order valence-electron chi connectivity index (χ2n) is 8.26. The molecule has 2 rings (SSSR count). The fourth-order valence-corrected chi connectivity index (χ4v) is 3.65. The van der Waals surface area contributed by atoms with Crippen molar-refractivity contribution in [2.24, 2.45) is 0 Å². The van der Waals surface area contributed by atoms with E-state index in [0.29, 0.717) is 24.2 Å². The van der Waals surface area contributed by atoms with E-state index in [-0.39, 0.29) is 22.8 Å². The summed E-state index contributed by atoms with van der Waals surface area (Å²) in [7, 11) is 3.61. The van der Waals surface area contributed by atoms with Gasteiger partial charge in [0.15, 0.2) is 0 Å². The van der Waals surface area contributed by atoms with Crippen LogP contribution in [0.4, 0.5) is 0 Å². The number of ether oxygens (including phenoxy) is 2. The summed E-state index contributed by atoms with van der Waals surface area (Å²) >= 11 is 0. The Balaban J connectivity index is 2.20. The summed E-state index contributed by atoms with van der Waals surface area (Å²) in [5, 5.41) is 9.48. The minimum absolute atomic E-state index is 0.157. The summed E-state index contributed by atoms with van der Waals surface area (Å²) in [5.41, 5.74) is -0.102. The van der Waals surface area contributed by atoms with Crippen molar-refractivity contribution in [2.75, 3.05) is 14.2 Å². The van der Waals surface area contributed by atoms with Gasteiger partial charge in [-0.05, 0) is 58.5 Å². The molecule has 1 aliphatic heterocycles. The second kappa shape index (κ2) is 7.72. The highest BCUT2D eigenvalue weighted by molar-refractivity contribution is 6.17. The molecule has 6 heteroatoms. The van der Waals surface area contributed by atoms with E-state index < -0.39 is 11.9 Å². The molecule has 27 heavy (non-hydrogen) atoms. The molecule has 0 spiro atoms. The Kier molecular flexibility index (Phi) is 6.00. The number of esters is 1. The van der Waals surface area contributed by atoms with Gasteiger partial charge in [-0.2, -0.15) is 0 Å². The molecule has 0 atom stereocenters. The van der Waals surface area contributed by atoms with Gasteiger partial charge in [-0.3, -0.25) is 4.90 Å². The Labute approximate surface area is 160 Å². The molecule has 6 nitrogen and oxygen atoms in total. The first-order chi connectivity index (χ1) is 12.5. The van der Waals surface area contributed by atoms with Gasteiger partial charge in [0, 0.05) is 23.9 Å². The van der Waals surface area contributed by atoms with Crippen molar-refractivity contribution in [3.8, 4) is 5.75 Å². The quantitative estimate of drug-likeness (QED) is 0.368. The molecule has 0 bridgehead atoms. The van der Waals surface area contributed by atoms with Crippen LogP contribution in [-0.2, 0) is 14.3 Å². The van der Waals surface area contributed by atoms with Crippen LogP contribution in [0.25, 0.3) is 6.08 Å². The Morgan fingerprint density at radius 1 is 1.11 bits per heavy atom. The summed E-state index contributed by atoms with van der Waals surface area (Å²) in [6, 6.07) is 6.80. The van der Waals surface area contributed by atoms with Crippen molar-refractivity contribution in [3.63, 3.8) is 0 Å². The molecule has 1 saturated heterocycles. The highest BCUT2D eigenvalue weighted by Gasteiger charge is 2.44. The maximum absolute atomic E-state index is 12.6. The Morgan fingerprint density at radius 3 is 2.07 bits per heavy atom. The monoisotopic (exact) mass is 375 g/mol. The van der Waals surface area contributed by atoms with Crippen LogP contribution in [0.3, 0.4) is 0 Å². The van der Waals surface area contributed by atoms with Crippen molar-refractivity contribution in [1.29, 1.82) is 0 Å². The van der Waals surface area contributed by atoms with Crippen molar-refractivity contribution < 1.29 is 24.2 Å². The van der Waals surface area contributed by atoms with E-state index >= 15 is 0 Å². The number of hydrogen-bond acceptors (Lipinski definition) is 5. The number of likely N-dealkylation sites (tertiary alicyclic amines) is 1. The molecule has 0 amide bonds. The maximum Gasteiger partial charge on any atom is 0.345 e. The zero-order chi connectivity index (χ0) is 20.4. The minimum atomic E-state index is -1.30. The van der Waals surface area contributed by atoms with Crippen LogP contribution in [0, 0.1) is 0 Å². The number of methoxy groups -OCH3 is 1. The number of carboxylic acids is 1. The van der Waals surface area contributed by atoms with Crippen molar-refractivity contribution >= 4 is 18.0 Å². The molecule has 1 aromatic carbocycles. The third-order valence-electron chi connectivity index (χ3n) is 5.42. The van der Waals surface area contributed by atoms with E-state index in [0.717, 1.165) is 0 Å². The van der Waals surface area contributed by atoms with Gasteiger partial charge in [0.25, 0.3) is 0 Å². The number of rotatable bonds is 5. The smallest absolute Gasteiger partial charge is 0.345 e. The molecule has 1 heterocycles. The molecule has 0 aromatic heterocycles. The molecular weight excluding hydrogens is 346 g/mol. The standard InChI is InChI=1S/C21H29NO5/c1-20(2)12-16(13-21(3,4)22(20)5)27-19(25)17(18(23)24)11-14-7-9-15(26-6)10-8-14/h7-11,16H,12-13H2,1-6H3,(H,23,24). The third-order valence-corrected chi connectivity index (χ3v) is 5.42. The first-order valence-electron chi connectivity index (χ1n) is 9.00. The number of nitrogens with zero attached hydrogens (tertiary/aromatic N) is 1. The number of carboxylic acid groups (broad SMARTS) is 1. The first kappa shape index (κ1) is 21.0. The Morgan fingerprint density at radius 2 is 1.63 bits per heavy atom. The van der Waals surface area contributed by atoms with E-state index in [4.69, 9.17) is 9.47 Å². The topological polar surface area (TPSA) is 76.1 Å². The average molecular weight is 375 g/mol. The highest BCUT2D eigenvalue weighted by Crippen LogP contribution is 2.38. The van der Waals surface area contributed by atoms with Crippen LogP contribution in [0.1, 0.15) is 46.1 Å². The predicted octanol–water partition coefficient (Wildman–Crippen LogP) is 3.36. The molecule has 1 aliphatic rings. The van der Waals surface area contributed by atoms with Gasteiger partial charge in [-0.25, -0.2) is 9.59 Å². The second-order valence-corrected chi connectivity index (χ2v) is 8.26. The number of piperidine rings is 1. The molecule has 0 radical (unpaired) electrons. The maximum atomic E-state index is 12.6. The van der Waals surface area contributed by atoms with E-state index in [2.05, 4.69) is 39.6 Å². The van der Waals surface area contributed by atoms with Crippen molar-refractivity contribution in [1.82, 2.24) is 4.90 Å². The van der Waals surface area contributed by atoms with Gasteiger partial charge in [0.1, 0.15) is 17.4 Å². The van der Waals surface area contributed by atoms with Crippen molar-refractivity contribution in [3.05, 3.63) is 35.4 Å². The molecule has 1 fully saturated rings. The minimum Gasteiger partial charge on any atom is -0.497 e. The van der Waals surface area contributed by atoms with Crippen LogP contribution >= 0.6 is 0 Å². The number of benzene rings is 1. The van der Waals surface area contributed by atoms with E-state index in [9.17, 15) is 14.7 Å². The van der Waals surface area contributed by atoms with E-state index in [1.165, 1.54) is 6.08 Å². The Bertz CT molecular complexity index is 715. The number of carbonyl (C=O) groups excluding carboxylic acids is 1. The Hall–Kier alpha value is -2.34. The van der Waals surface area contributed by atoms with Crippen LogP contribution in [0.15, 0.2) is 29.8 Å². The lowest BCUT2D eigenvalue weighted by Crippen LogP contribution is -2.60. The molecular formula is C21H29NO5. The third kappa shape index (κ3) is 4.89. The molecule has 0 unspecified atom stereocenters. The normalized spacial score (nSPS) is 20.1. The molecule has 0 aliphatic carbocycles. The fourth-order valence-electron chi connectivity index (χ4n) is 3.65. The van der Waals surface area contributed by atoms with E-state index in [1.54, 1.807) is 31.4 Å². The highest BCUT2D eigenvalue weighted by atomic mass is 16.5. The van der Waals surface area contributed by atoms with Crippen LogP contribution in [0.2, 0.25) is 0 Å². The zero-order valence-corrected chi connectivity index (χ0v) is 16.9. The summed E-state index contributed by atoms with van der Waals surface area (Å²) < 4.78 is 10.7. The van der Waals surface area contributed by atoms with Crippen molar-refractivity contribution in [2.45, 2.75) is 57.7 Å². The summed E-state index contributed by atoms with van der Waals surface area (Å²) in [5.74, 6) is -1.45. The lowest BCUT2D eigenvalue weighted by atomic mass is 9.78. The summed E-state index contributed by atoms with van der Waals surface area (Å²) in [4.78, 5) is 26.5. The molecule has 148 valence electrons. The summed E-state index contributed by atoms with van der Waals surface area (Å²) in [6.07, 6.45) is 2.29. The van der Waals surface area contributed by atoms with Crippen LogP contribution < -0.4 is 4.74 Å². The van der Waals surface area contributed by atoms with Crippen LogP contribution in [-0.4, -0.2) is 53.3 Å². The number of hydrogen-bond donors (Lipinski definition) is 1. The molecule has 1 aromatic rings. The largest absolute Gasteiger partial charge is 0.497 e. The lowest BCUT2D eigenvalue weighted by Gasteiger charge is -2.53. The van der Waals surface area contributed by atoms with Gasteiger partial charge in [-0.1, -0.05) is 12.1 Å². The molecule has 1 N–H and O–H groups in total. The summed E-state index contributed by atoms with van der Waals surface area (Å²) in [6.45, 7) is 8.39. The first-order valence-corrected chi connectivity index (χ1v) is 9.00. The average Bonchev–Trinajstić information content (AvgIpc) is 2.57. The SMILES string of the molecule is COc1ccc(C=C(C(=O)O)C(=O)OC2CC(C)(C)N(C)C(C)(C)C2)cc1. The van der Waals surface area contributed by atoms with Gasteiger partial charge in [0.05, 0.1) is 7.11 Å². The zero-order valence-electron chi connectivity index (χ0n) is 16.9. The van der Waals surface area contributed by atoms with E-state index in [1.807, 2.05) is 0 Å². The predicted molar refractivity (Wildman–Crippen MR) is 104 cm³/mol. The van der Waals surface area contributed by atoms with Crippen LogP contribution in [0.5, 0.6) is 5.75 Å². The lowest BCUT2D eigenvalue weighted by molar-refractivity contribution is -0.156. The van der Waals surface area contributed by atoms with Gasteiger partial charge in [-0.15, -0.1) is 0 Å². The van der Waals surface area contributed by atoms with Gasteiger partial charge in [0.2, 0.25) is 0 Å². The van der Waals surface area contributed by atoms with Gasteiger partial charge >= 0.3 is 11.9 Å². The number of carbonyl (C=O) groups is 2. The van der Waals surface area contributed by atoms with Gasteiger partial charge < -0.3 is 14.6 Å².